The van der Waals surface area contributed by atoms with E-state index in [1.54, 1.807) is 11.1 Å². The number of nitrogens with zero attached hydrogens (tertiary/aromatic N) is 3. The minimum atomic E-state index is -3.37. The number of amides is 2. The van der Waals surface area contributed by atoms with Crippen molar-refractivity contribution in [2.75, 3.05) is 24.6 Å². The third-order valence-electron chi connectivity index (χ3n) is 6.34. The standard InChI is InChI=1S/C26H32N4O4S/c1-19(2)17-35(33,34)18-25(31)30-12-8-22(9-13-30)21-3-5-23(6-4-21)26(32)28-16-20-7-11-29-14-10-27-24(29)15-20/h3-7,10-11,14-15,19,22H,8-9,12-13,16-18H2,1-2H3,(H,28,32). The Balaban J connectivity index is 1.27. The highest BCUT2D eigenvalue weighted by atomic mass is 32.2. The van der Waals surface area contributed by atoms with Gasteiger partial charge in [0.15, 0.2) is 9.84 Å². The lowest BCUT2D eigenvalue weighted by Crippen LogP contribution is -2.41. The summed E-state index contributed by atoms with van der Waals surface area (Å²) in [7, 11) is -3.37. The fraction of sp³-hybridized carbons (Fsp3) is 0.423. The second-order valence-corrected chi connectivity index (χ2v) is 11.7. The van der Waals surface area contributed by atoms with Crippen molar-refractivity contribution in [3.8, 4) is 0 Å². The van der Waals surface area contributed by atoms with Gasteiger partial charge in [0.1, 0.15) is 11.4 Å². The van der Waals surface area contributed by atoms with Crippen LogP contribution >= 0.6 is 0 Å². The zero-order valence-electron chi connectivity index (χ0n) is 20.2. The van der Waals surface area contributed by atoms with E-state index in [1.165, 1.54) is 0 Å². The average molecular weight is 497 g/mol. The number of rotatable bonds is 8. The normalized spacial score (nSPS) is 15.0. The highest BCUT2D eigenvalue weighted by Gasteiger charge is 2.27. The summed E-state index contributed by atoms with van der Waals surface area (Å²) in [6.45, 7) is 5.19. The van der Waals surface area contributed by atoms with Crippen LogP contribution in [0.5, 0.6) is 0 Å². The van der Waals surface area contributed by atoms with Crippen LogP contribution in [0.4, 0.5) is 0 Å². The molecule has 35 heavy (non-hydrogen) atoms. The van der Waals surface area contributed by atoms with Crippen LogP contribution < -0.4 is 5.32 Å². The molecule has 9 heteroatoms. The van der Waals surface area contributed by atoms with E-state index in [9.17, 15) is 18.0 Å². The van der Waals surface area contributed by atoms with Gasteiger partial charge in [-0.2, -0.15) is 0 Å². The molecule has 0 aliphatic carbocycles. The van der Waals surface area contributed by atoms with Gasteiger partial charge >= 0.3 is 0 Å². The summed E-state index contributed by atoms with van der Waals surface area (Å²) in [6.07, 6.45) is 7.08. The first-order valence-corrected chi connectivity index (χ1v) is 13.8. The molecule has 4 rings (SSSR count). The van der Waals surface area contributed by atoms with E-state index in [0.717, 1.165) is 29.6 Å². The van der Waals surface area contributed by atoms with E-state index in [1.807, 2.05) is 67.0 Å². The van der Waals surface area contributed by atoms with Crippen molar-refractivity contribution >= 4 is 27.3 Å². The van der Waals surface area contributed by atoms with Crippen LogP contribution in [0, 0.1) is 5.92 Å². The third kappa shape index (κ3) is 6.48. The Bertz CT molecular complexity index is 1290. The van der Waals surface area contributed by atoms with Crippen LogP contribution in [0.15, 0.2) is 55.0 Å². The van der Waals surface area contributed by atoms with Crippen molar-refractivity contribution in [1.82, 2.24) is 19.6 Å². The van der Waals surface area contributed by atoms with Gasteiger partial charge in [0, 0.05) is 43.8 Å². The maximum absolute atomic E-state index is 12.6. The molecule has 3 heterocycles. The summed E-state index contributed by atoms with van der Waals surface area (Å²) < 4.78 is 26.2. The summed E-state index contributed by atoms with van der Waals surface area (Å²) >= 11 is 0. The maximum Gasteiger partial charge on any atom is 0.251 e. The molecule has 2 aromatic heterocycles. The monoisotopic (exact) mass is 496 g/mol. The third-order valence-corrected chi connectivity index (χ3v) is 8.20. The van der Waals surface area contributed by atoms with Gasteiger partial charge in [-0.25, -0.2) is 13.4 Å². The van der Waals surface area contributed by atoms with E-state index in [0.29, 0.717) is 25.2 Å². The molecule has 186 valence electrons. The Labute approximate surface area is 206 Å². The molecule has 3 aromatic rings. The number of sulfone groups is 1. The molecular formula is C26H32N4O4S. The molecule has 0 atom stereocenters. The van der Waals surface area contributed by atoms with Gasteiger partial charge in [-0.05, 0) is 60.1 Å². The Morgan fingerprint density at radius 1 is 1.09 bits per heavy atom. The van der Waals surface area contributed by atoms with E-state index < -0.39 is 15.6 Å². The van der Waals surface area contributed by atoms with Crippen LogP contribution in [0.2, 0.25) is 0 Å². The predicted molar refractivity (Wildman–Crippen MR) is 135 cm³/mol. The van der Waals surface area contributed by atoms with E-state index >= 15 is 0 Å². The van der Waals surface area contributed by atoms with E-state index in [2.05, 4.69) is 10.3 Å². The van der Waals surface area contributed by atoms with Crippen LogP contribution in [0.1, 0.15) is 54.1 Å². The first-order valence-electron chi connectivity index (χ1n) is 12.0. The quantitative estimate of drug-likeness (QED) is 0.517. The second-order valence-electron chi connectivity index (χ2n) is 9.64. The van der Waals surface area contributed by atoms with Gasteiger partial charge in [-0.15, -0.1) is 0 Å². The minimum Gasteiger partial charge on any atom is -0.348 e. The lowest BCUT2D eigenvalue weighted by molar-refractivity contribution is -0.129. The van der Waals surface area contributed by atoms with Crippen molar-refractivity contribution in [2.24, 2.45) is 5.92 Å². The SMILES string of the molecule is CC(C)CS(=O)(=O)CC(=O)N1CCC(c2ccc(C(=O)NCc3ccn4ccnc4c3)cc2)CC1. The molecule has 1 fully saturated rings. The molecule has 2 amide bonds. The maximum atomic E-state index is 12.6. The van der Waals surface area contributed by atoms with Gasteiger partial charge < -0.3 is 14.6 Å². The number of hydrogen-bond acceptors (Lipinski definition) is 5. The number of imidazole rings is 1. The van der Waals surface area contributed by atoms with Crippen LogP contribution in [0.3, 0.4) is 0 Å². The van der Waals surface area contributed by atoms with Crippen LogP contribution in [0.25, 0.3) is 5.65 Å². The first-order chi connectivity index (χ1) is 16.7. The Morgan fingerprint density at radius 2 is 1.80 bits per heavy atom. The number of piperidine rings is 1. The predicted octanol–water partition coefficient (Wildman–Crippen LogP) is 3.04. The molecular weight excluding hydrogens is 464 g/mol. The fourth-order valence-electron chi connectivity index (χ4n) is 4.56. The molecule has 1 aromatic carbocycles. The molecule has 1 aliphatic rings. The van der Waals surface area contributed by atoms with Gasteiger partial charge in [0.05, 0.1) is 5.75 Å². The largest absolute Gasteiger partial charge is 0.348 e. The summed E-state index contributed by atoms with van der Waals surface area (Å²) in [4.78, 5) is 31.0. The second kappa shape index (κ2) is 10.6. The molecule has 0 unspecified atom stereocenters. The number of fused-ring (bicyclic) bond motifs is 1. The smallest absolute Gasteiger partial charge is 0.251 e. The molecule has 1 saturated heterocycles. The molecule has 8 nitrogen and oxygen atoms in total. The number of hydrogen-bond donors (Lipinski definition) is 1. The molecule has 0 bridgehead atoms. The lowest BCUT2D eigenvalue weighted by atomic mass is 9.89. The van der Waals surface area contributed by atoms with Gasteiger partial charge in [0.2, 0.25) is 5.91 Å². The Morgan fingerprint density at radius 3 is 2.49 bits per heavy atom. The highest BCUT2D eigenvalue weighted by Crippen LogP contribution is 2.28. The van der Waals surface area contributed by atoms with Crippen LogP contribution in [-0.2, 0) is 21.2 Å². The summed E-state index contributed by atoms with van der Waals surface area (Å²) in [5.41, 5.74) is 3.54. The lowest BCUT2D eigenvalue weighted by Gasteiger charge is -2.32. The zero-order chi connectivity index (χ0) is 25.0. The van der Waals surface area contributed by atoms with Crippen molar-refractivity contribution in [2.45, 2.75) is 39.2 Å². The summed E-state index contributed by atoms with van der Waals surface area (Å²) in [5, 5.41) is 2.95. The Kier molecular flexibility index (Phi) is 7.54. The van der Waals surface area contributed by atoms with Gasteiger partial charge in [-0.1, -0.05) is 26.0 Å². The number of carbonyl (C=O) groups excluding carboxylic acids is 2. The average Bonchev–Trinajstić information content (AvgIpc) is 3.29. The molecule has 0 radical (unpaired) electrons. The molecule has 1 aliphatic heterocycles. The zero-order valence-corrected chi connectivity index (χ0v) is 21.0. The van der Waals surface area contributed by atoms with Crippen molar-refractivity contribution < 1.29 is 18.0 Å². The molecule has 0 spiro atoms. The highest BCUT2D eigenvalue weighted by molar-refractivity contribution is 7.92. The molecule has 0 saturated carbocycles. The van der Waals surface area contributed by atoms with Crippen molar-refractivity contribution in [1.29, 1.82) is 0 Å². The van der Waals surface area contributed by atoms with Crippen molar-refractivity contribution in [3.63, 3.8) is 0 Å². The number of likely N-dealkylation sites (tertiary alicyclic amines) is 1. The summed E-state index contributed by atoms with van der Waals surface area (Å²) in [5.74, 6) is -0.518. The van der Waals surface area contributed by atoms with Crippen LogP contribution in [-0.4, -0.2) is 59.1 Å². The van der Waals surface area contributed by atoms with Gasteiger partial charge in [0.25, 0.3) is 5.91 Å². The first kappa shape index (κ1) is 24.9. The number of pyridine rings is 1. The van der Waals surface area contributed by atoms with E-state index in [-0.39, 0.29) is 29.4 Å². The summed E-state index contributed by atoms with van der Waals surface area (Å²) in [6, 6.07) is 11.5. The number of carbonyl (C=O) groups is 2. The molecule has 1 N–H and O–H groups in total. The Hall–Kier alpha value is -3.20. The topological polar surface area (TPSA) is 101 Å². The van der Waals surface area contributed by atoms with Gasteiger partial charge in [-0.3, -0.25) is 9.59 Å². The van der Waals surface area contributed by atoms with Crippen molar-refractivity contribution in [3.05, 3.63) is 71.7 Å². The number of benzene rings is 1. The number of aromatic nitrogens is 2. The van der Waals surface area contributed by atoms with E-state index in [4.69, 9.17) is 0 Å². The minimum absolute atomic E-state index is 0.00941. The fourth-order valence-corrected chi connectivity index (χ4v) is 6.25. The number of nitrogens with one attached hydrogen (secondary N) is 1.